The molecule has 0 fully saturated rings. The highest BCUT2D eigenvalue weighted by Gasteiger charge is 2.18. The second-order valence-corrected chi connectivity index (χ2v) is 8.68. The number of fused-ring (bicyclic) bond motifs is 1. The zero-order chi connectivity index (χ0) is 21.8. The summed E-state index contributed by atoms with van der Waals surface area (Å²) in [5, 5.41) is 15.4. The molecule has 0 radical (unpaired) electrons. The molecule has 31 heavy (non-hydrogen) atoms. The van der Waals surface area contributed by atoms with Crippen LogP contribution in [0.25, 0.3) is 21.5 Å². The molecule has 0 spiro atoms. The summed E-state index contributed by atoms with van der Waals surface area (Å²) in [4.78, 5) is 24.0. The van der Waals surface area contributed by atoms with Crippen molar-refractivity contribution in [2.24, 2.45) is 0 Å². The summed E-state index contributed by atoms with van der Waals surface area (Å²) in [6, 6.07) is 15.1. The van der Waals surface area contributed by atoms with Gasteiger partial charge in [0.25, 0.3) is 0 Å². The lowest BCUT2D eigenvalue weighted by molar-refractivity contribution is -0.113. The van der Waals surface area contributed by atoms with Gasteiger partial charge in [0.1, 0.15) is 0 Å². The zero-order valence-corrected chi connectivity index (χ0v) is 18.5. The molecule has 2 aromatic carbocycles. The highest BCUT2D eigenvalue weighted by atomic mass is 32.2. The van der Waals surface area contributed by atoms with Crippen LogP contribution >= 0.6 is 23.1 Å². The average molecular weight is 449 g/mol. The number of thiophene rings is 1. The van der Waals surface area contributed by atoms with Crippen molar-refractivity contribution in [1.82, 2.24) is 14.8 Å². The summed E-state index contributed by atoms with van der Waals surface area (Å²) in [6.45, 7) is 5.88. The number of amides is 1. The number of nitrogens with zero attached hydrogens (tertiary/aromatic N) is 3. The van der Waals surface area contributed by atoms with Gasteiger partial charge in [0, 0.05) is 38.8 Å². The normalized spacial score (nSPS) is 10.9. The van der Waals surface area contributed by atoms with Gasteiger partial charge in [-0.1, -0.05) is 48.2 Å². The Kier molecular flexibility index (Phi) is 6.29. The summed E-state index contributed by atoms with van der Waals surface area (Å²) in [5.41, 5.74) is 2.17. The Morgan fingerprint density at radius 1 is 1.19 bits per heavy atom. The fourth-order valence-corrected chi connectivity index (χ4v) is 4.87. The maximum atomic E-state index is 12.5. The van der Waals surface area contributed by atoms with Gasteiger partial charge in [-0.05, 0) is 25.1 Å². The molecule has 4 aromatic rings. The fourth-order valence-electron chi connectivity index (χ4n) is 3.18. The first-order valence-electron chi connectivity index (χ1n) is 9.61. The molecule has 0 bridgehead atoms. The quantitative estimate of drug-likeness (QED) is 0.225. The molecule has 0 aliphatic rings. The topological polar surface area (TPSA) is 76.9 Å². The number of carbonyl (C=O) groups excluding carboxylic acids is 2. The zero-order valence-electron chi connectivity index (χ0n) is 16.9. The number of allylic oxidation sites excluding steroid dienone is 1. The molecule has 2 aromatic heterocycles. The Morgan fingerprint density at radius 3 is 2.84 bits per heavy atom. The smallest absolute Gasteiger partial charge is 0.234 e. The molecule has 0 saturated carbocycles. The molecule has 156 valence electrons. The van der Waals surface area contributed by atoms with Crippen LogP contribution in [0.15, 0.2) is 71.7 Å². The third-order valence-corrected chi connectivity index (χ3v) is 6.57. The number of Topliss-reactive ketones (excluding diaryl/α,β-unsaturated/α-hetero) is 1. The van der Waals surface area contributed by atoms with Crippen LogP contribution in [-0.4, -0.2) is 32.2 Å². The molecule has 4 rings (SSSR count). The lowest BCUT2D eigenvalue weighted by atomic mass is 10.1. The van der Waals surface area contributed by atoms with E-state index in [0.717, 1.165) is 16.8 Å². The van der Waals surface area contributed by atoms with Crippen LogP contribution in [0.4, 0.5) is 5.69 Å². The Labute approximate surface area is 188 Å². The standard InChI is InChI=1S/C23H20N4O2S2/c1-3-11-27-22(19-13-30-20-10-5-4-9-18(19)20)25-26-23(27)31-14-21(29)24-17-8-6-7-16(12-17)15(2)28/h3-10,12-13H,1,11,14H2,2H3,(H,24,29). The number of carbonyl (C=O) groups is 2. The molecule has 1 N–H and O–H groups in total. The number of ketones is 1. The second kappa shape index (κ2) is 9.28. The number of thioether (sulfide) groups is 1. The number of rotatable bonds is 8. The second-order valence-electron chi connectivity index (χ2n) is 6.82. The molecule has 0 aliphatic heterocycles. The number of nitrogens with one attached hydrogen (secondary N) is 1. The third kappa shape index (κ3) is 4.60. The van der Waals surface area contributed by atoms with Crippen molar-refractivity contribution in [2.45, 2.75) is 18.6 Å². The van der Waals surface area contributed by atoms with E-state index in [1.165, 1.54) is 23.4 Å². The van der Waals surface area contributed by atoms with Crippen molar-refractivity contribution in [3.63, 3.8) is 0 Å². The molecule has 8 heteroatoms. The van der Waals surface area contributed by atoms with Gasteiger partial charge in [0.15, 0.2) is 16.8 Å². The van der Waals surface area contributed by atoms with Crippen molar-refractivity contribution in [3.05, 3.63) is 72.1 Å². The maximum Gasteiger partial charge on any atom is 0.234 e. The van der Waals surface area contributed by atoms with Gasteiger partial charge in [0.2, 0.25) is 5.91 Å². The van der Waals surface area contributed by atoms with Crippen molar-refractivity contribution in [3.8, 4) is 11.4 Å². The average Bonchev–Trinajstić information content (AvgIpc) is 3.36. The molecule has 0 saturated heterocycles. The minimum absolute atomic E-state index is 0.0449. The van der Waals surface area contributed by atoms with Crippen molar-refractivity contribution < 1.29 is 9.59 Å². The molecule has 0 unspecified atom stereocenters. The van der Waals surface area contributed by atoms with E-state index in [1.807, 2.05) is 16.7 Å². The fraction of sp³-hybridized carbons (Fsp3) is 0.130. The highest BCUT2D eigenvalue weighted by Crippen LogP contribution is 2.34. The molecular formula is C23H20N4O2S2. The largest absolute Gasteiger partial charge is 0.325 e. The minimum atomic E-state index is -0.179. The lowest BCUT2D eigenvalue weighted by Crippen LogP contribution is -2.15. The monoisotopic (exact) mass is 448 g/mol. The highest BCUT2D eigenvalue weighted by molar-refractivity contribution is 7.99. The Hall–Kier alpha value is -3.23. The summed E-state index contributed by atoms with van der Waals surface area (Å²) in [5.74, 6) is 0.705. The Morgan fingerprint density at radius 2 is 2.03 bits per heavy atom. The Bertz CT molecular complexity index is 1280. The first-order chi connectivity index (χ1) is 15.1. The van der Waals surface area contributed by atoms with Gasteiger partial charge in [-0.2, -0.15) is 0 Å². The number of anilines is 1. The van der Waals surface area contributed by atoms with E-state index in [4.69, 9.17) is 0 Å². The molecule has 0 aliphatic carbocycles. The van der Waals surface area contributed by atoms with Crippen LogP contribution in [-0.2, 0) is 11.3 Å². The molecule has 0 atom stereocenters. The van der Waals surface area contributed by atoms with Gasteiger partial charge in [-0.25, -0.2) is 0 Å². The Balaban J connectivity index is 1.51. The van der Waals surface area contributed by atoms with E-state index in [-0.39, 0.29) is 17.4 Å². The molecule has 1 amide bonds. The summed E-state index contributed by atoms with van der Waals surface area (Å²) >= 11 is 2.98. The van der Waals surface area contributed by atoms with Crippen LogP contribution in [0.5, 0.6) is 0 Å². The van der Waals surface area contributed by atoms with Gasteiger partial charge >= 0.3 is 0 Å². The van der Waals surface area contributed by atoms with Crippen LogP contribution in [0.2, 0.25) is 0 Å². The lowest BCUT2D eigenvalue weighted by Gasteiger charge is -2.08. The third-order valence-electron chi connectivity index (χ3n) is 4.64. The van der Waals surface area contributed by atoms with Crippen LogP contribution in [0.3, 0.4) is 0 Å². The predicted molar refractivity (Wildman–Crippen MR) is 127 cm³/mol. The van der Waals surface area contributed by atoms with E-state index in [0.29, 0.717) is 23.0 Å². The molecule has 2 heterocycles. The maximum absolute atomic E-state index is 12.5. The van der Waals surface area contributed by atoms with E-state index in [2.05, 4.69) is 39.6 Å². The number of hydrogen-bond donors (Lipinski definition) is 1. The minimum Gasteiger partial charge on any atom is -0.325 e. The van der Waals surface area contributed by atoms with Gasteiger partial charge < -0.3 is 5.32 Å². The number of hydrogen-bond acceptors (Lipinski definition) is 6. The van der Waals surface area contributed by atoms with Crippen molar-refractivity contribution in [1.29, 1.82) is 0 Å². The van der Waals surface area contributed by atoms with E-state index < -0.39 is 0 Å². The predicted octanol–water partition coefficient (Wildman–Crippen LogP) is 5.28. The van der Waals surface area contributed by atoms with E-state index >= 15 is 0 Å². The summed E-state index contributed by atoms with van der Waals surface area (Å²) in [6.07, 6.45) is 1.79. The molecular weight excluding hydrogens is 428 g/mol. The number of aromatic nitrogens is 3. The van der Waals surface area contributed by atoms with Crippen LogP contribution in [0.1, 0.15) is 17.3 Å². The molecule has 6 nitrogen and oxygen atoms in total. The van der Waals surface area contributed by atoms with Gasteiger partial charge in [-0.3, -0.25) is 14.2 Å². The van der Waals surface area contributed by atoms with Gasteiger partial charge in [-0.15, -0.1) is 28.1 Å². The van der Waals surface area contributed by atoms with Crippen LogP contribution < -0.4 is 5.32 Å². The number of benzene rings is 2. The van der Waals surface area contributed by atoms with Crippen LogP contribution in [0, 0.1) is 0 Å². The first kappa shape index (κ1) is 21.0. The first-order valence-corrected chi connectivity index (χ1v) is 11.5. The van der Waals surface area contributed by atoms with Gasteiger partial charge in [0.05, 0.1) is 5.75 Å². The SMILES string of the molecule is C=CCn1c(SCC(=O)Nc2cccc(C(C)=O)c2)nnc1-c1csc2ccccc12. The van der Waals surface area contributed by atoms with Crippen molar-refractivity contribution in [2.75, 3.05) is 11.1 Å². The van der Waals surface area contributed by atoms with E-state index in [1.54, 1.807) is 41.7 Å². The summed E-state index contributed by atoms with van der Waals surface area (Å²) < 4.78 is 3.16. The van der Waals surface area contributed by atoms with Crippen molar-refractivity contribution >= 4 is 50.6 Å². The summed E-state index contributed by atoms with van der Waals surface area (Å²) in [7, 11) is 0. The van der Waals surface area contributed by atoms with E-state index in [9.17, 15) is 9.59 Å².